The summed E-state index contributed by atoms with van der Waals surface area (Å²) in [6.07, 6.45) is 7.02. The molecule has 0 aromatic heterocycles. The lowest BCUT2D eigenvalue weighted by atomic mass is 10.0. The van der Waals surface area contributed by atoms with Crippen LogP contribution in [0.15, 0.2) is 0 Å². The van der Waals surface area contributed by atoms with Crippen LogP contribution in [-0.2, 0) is 9.59 Å². The van der Waals surface area contributed by atoms with Gasteiger partial charge in [0.2, 0.25) is 0 Å². The van der Waals surface area contributed by atoms with Gasteiger partial charge in [0.15, 0.2) is 5.92 Å². The van der Waals surface area contributed by atoms with Crippen molar-refractivity contribution in [3.63, 3.8) is 0 Å². The molecule has 24 heavy (non-hydrogen) atoms. The maximum absolute atomic E-state index is 10.3. The number of hydrogen-bond acceptors (Lipinski definition) is 2. The number of unbranched alkanes of at least 4 members (excludes halogenated alkanes) is 1. The van der Waals surface area contributed by atoms with E-state index < -0.39 is 17.9 Å². The molecule has 0 aliphatic heterocycles. The molecule has 0 bridgehead atoms. The van der Waals surface area contributed by atoms with Gasteiger partial charge in [-0.2, -0.15) is 0 Å². The normalized spacial score (nSPS) is 11.1. The first-order valence-corrected chi connectivity index (χ1v) is 9.64. The van der Waals surface area contributed by atoms with Gasteiger partial charge in [0.05, 0.1) is 26.2 Å². The van der Waals surface area contributed by atoms with Crippen molar-refractivity contribution in [2.75, 3.05) is 26.2 Å². The Kier molecular flexibility index (Phi) is 16.2. The first-order valence-electron chi connectivity index (χ1n) is 9.64. The van der Waals surface area contributed by atoms with E-state index in [-0.39, 0.29) is 6.42 Å². The smallest absolute Gasteiger partial charge is 0.317 e. The fraction of sp³-hybridized carbons (Fsp3) is 0.895. The number of hydrogen-bond donors (Lipinski definition) is 2. The van der Waals surface area contributed by atoms with Crippen molar-refractivity contribution >= 4 is 11.9 Å². The van der Waals surface area contributed by atoms with Crippen molar-refractivity contribution in [3.8, 4) is 0 Å². The molecule has 0 heterocycles. The molecule has 5 nitrogen and oxygen atoms in total. The molecule has 5 heteroatoms. The average Bonchev–Trinajstić information content (AvgIpc) is 2.48. The van der Waals surface area contributed by atoms with E-state index in [1.807, 2.05) is 6.92 Å². The van der Waals surface area contributed by atoms with Gasteiger partial charge >= 0.3 is 11.9 Å². The minimum absolute atomic E-state index is 0.223. The van der Waals surface area contributed by atoms with Crippen LogP contribution in [0.4, 0.5) is 0 Å². The zero-order valence-corrected chi connectivity index (χ0v) is 16.5. The third-order valence-corrected chi connectivity index (χ3v) is 4.23. The third-order valence-electron chi connectivity index (χ3n) is 4.23. The summed E-state index contributed by atoms with van der Waals surface area (Å²) in [7, 11) is 0. The fourth-order valence-electron chi connectivity index (χ4n) is 3.33. The van der Waals surface area contributed by atoms with Crippen LogP contribution < -0.4 is 0 Å². The molecule has 0 radical (unpaired) electrons. The number of nitrogens with zero attached hydrogens (tertiary/aromatic N) is 1. The van der Waals surface area contributed by atoms with Crippen molar-refractivity contribution in [2.24, 2.45) is 5.92 Å². The Bertz CT molecular complexity index is 288. The lowest BCUT2D eigenvalue weighted by molar-refractivity contribution is -0.928. The van der Waals surface area contributed by atoms with E-state index in [2.05, 4.69) is 27.7 Å². The van der Waals surface area contributed by atoms with Crippen LogP contribution >= 0.6 is 0 Å². The highest BCUT2D eigenvalue weighted by Gasteiger charge is 2.24. The zero-order chi connectivity index (χ0) is 19.0. The summed E-state index contributed by atoms with van der Waals surface area (Å²) in [5.74, 6) is -3.72. The van der Waals surface area contributed by atoms with Crippen LogP contribution in [0.5, 0.6) is 0 Å². The second-order valence-corrected chi connectivity index (χ2v) is 6.61. The Labute approximate surface area is 148 Å². The van der Waals surface area contributed by atoms with E-state index in [4.69, 9.17) is 10.2 Å². The minimum atomic E-state index is -1.24. The lowest BCUT2D eigenvalue weighted by Gasteiger charge is -2.38. The van der Waals surface area contributed by atoms with Crippen LogP contribution in [0, 0.1) is 5.92 Å². The van der Waals surface area contributed by atoms with Gasteiger partial charge in [-0.1, -0.05) is 47.5 Å². The summed E-state index contributed by atoms with van der Waals surface area (Å²) >= 11 is 0. The molecule has 0 amide bonds. The molecule has 0 saturated carbocycles. The molecule has 0 aromatic carbocycles. The molecule has 0 spiro atoms. The Morgan fingerprint density at radius 2 is 1.04 bits per heavy atom. The highest BCUT2D eigenvalue weighted by molar-refractivity contribution is 5.92. The quantitative estimate of drug-likeness (QED) is 0.383. The molecule has 0 atom stereocenters. The molecule has 2 N–H and O–H groups in total. The van der Waals surface area contributed by atoms with Crippen LogP contribution in [0.1, 0.15) is 79.6 Å². The van der Waals surface area contributed by atoms with Gasteiger partial charge in [0, 0.05) is 0 Å². The zero-order valence-electron chi connectivity index (χ0n) is 16.5. The van der Waals surface area contributed by atoms with Crippen LogP contribution in [0.25, 0.3) is 0 Å². The SMILES string of the molecule is CCCCC(C(=O)O)C(=O)O.CCC[N+](CCC)(CCC)CCC. The fourth-order valence-corrected chi connectivity index (χ4v) is 3.33. The summed E-state index contributed by atoms with van der Waals surface area (Å²) in [5, 5.41) is 16.8. The molecule has 0 rings (SSSR count). The molecule has 0 aliphatic rings. The Hall–Kier alpha value is -1.10. The second-order valence-electron chi connectivity index (χ2n) is 6.61. The van der Waals surface area contributed by atoms with Gasteiger partial charge < -0.3 is 14.7 Å². The van der Waals surface area contributed by atoms with E-state index in [0.29, 0.717) is 6.42 Å². The molecule has 0 aliphatic carbocycles. The number of carboxylic acid groups (broad SMARTS) is 2. The predicted molar refractivity (Wildman–Crippen MR) is 99.2 cm³/mol. The predicted octanol–water partition coefficient (Wildman–Crippen LogP) is 4.41. The van der Waals surface area contributed by atoms with Gasteiger partial charge in [0.1, 0.15) is 0 Å². The van der Waals surface area contributed by atoms with E-state index in [9.17, 15) is 9.59 Å². The van der Waals surface area contributed by atoms with Crippen molar-refractivity contribution in [1.29, 1.82) is 0 Å². The minimum Gasteiger partial charge on any atom is -0.481 e. The number of aliphatic carboxylic acids is 2. The Morgan fingerprint density at radius 1 is 0.708 bits per heavy atom. The summed E-state index contributed by atoms with van der Waals surface area (Å²) in [6, 6.07) is 0. The van der Waals surface area contributed by atoms with E-state index in [1.165, 1.54) is 56.3 Å². The molecular weight excluding hydrogens is 306 g/mol. The molecular formula is C19H40NO4+. The van der Waals surface area contributed by atoms with Crippen LogP contribution in [0.3, 0.4) is 0 Å². The Morgan fingerprint density at radius 3 is 1.25 bits per heavy atom. The summed E-state index contributed by atoms with van der Waals surface area (Å²) in [4.78, 5) is 20.5. The Balaban J connectivity index is 0. The summed E-state index contributed by atoms with van der Waals surface area (Å²) in [6.45, 7) is 16.7. The highest BCUT2D eigenvalue weighted by Crippen LogP contribution is 2.12. The number of carbonyl (C=O) groups is 2. The summed E-state index contributed by atoms with van der Waals surface area (Å²) < 4.78 is 1.38. The molecule has 0 aromatic rings. The molecule has 0 unspecified atom stereocenters. The molecule has 0 fully saturated rings. The van der Waals surface area contributed by atoms with E-state index >= 15 is 0 Å². The van der Waals surface area contributed by atoms with Gasteiger partial charge in [0.25, 0.3) is 0 Å². The monoisotopic (exact) mass is 346 g/mol. The van der Waals surface area contributed by atoms with Crippen molar-refractivity contribution in [2.45, 2.75) is 79.6 Å². The number of quaternary nitrogens is 1. The van der Waals surface area contributed by atoms with Crippen LogP contribution in [-0.4, -0.2) is 52.8 Å². The van der Waals surface area contributed by atoms with Gasteiger partial charge in [-0.25, -0.2) is 0 Å². The van der Waals surface area contributed by atoms with Crippen molar-refractivity contribution in [3.05, 3.63) is 0 Å². The first kappa shape index (κ1) is 25.1. The van der Waals surface area contributed by atoms with Crippen molar-refractivity contribution in [1.82, 2.24) is 0 Å². The first-order chi connectivity index (χ1) is 11.3. The van der Waals surface area contributed by atoms with Crippen molar-refractivity contribution < 1.29 is 24.3 Å². The second kappa shape index (κ2) is 15.4. The summed E-state index contributed by atoms with van der Waals surface area (Å²) in [5.41, 5.74) is 0. The molecule has 144 valence electrons. The largest absolute Gasteiger partial charge is 0.481 e. The topological polar surface area (TPSA) is 74.6 Å². The third kappa shape index (κ3) is 11.4. The lowest BCUT2D eigenvalue weighted by Crippen LogP contribution is -2.50. The standard InChI is InChI=1S/C12H28N.C7H12O4/c1-5-9-13(10-6-2,11-7-3)12-8-4;1-2-3-4-5(6(8)9)7(10)11/h5-12H2,1-4H3;5H,2-4H2,1H3,(H,8,9)(H,10,11)/q+1;. The van der Waals surface area contributed by atoms with Gasteiger partial charge in [-0.3, -0.25) is 9.59 Å². The van der Waals surface area contributed by atoms with Crippen LogP contribution in [0.2, 0.25) is 0 Å². The van der Waals surface area contributed by atoms with Gasteiger partial charge in [-0.15, -0.1) is 0 Å². The highest BCUT2D eigenvalue weighted by atomic mass is 16.4. The van der Waals surface area contributed by atoms with E-state index in [0.717, 1.165) is 6.42 Å². The average molecular weight is 347 g/mol. The number of carboxylic acids is 2. The maximum atomic E-state index is 10.3. The number of rotatable bonds is 13. The van der Waals surface area contributed by atoms with Gasteiger partial charge in [-0.05, 0) is 32.1 Å². The maximum Gasteiger partial charge on any atom is 0.317 e. The van der Waals surface area contributed by atoms with E-state index in [1.54, 1.807) is 0 Å². The molecule has 0 saturated heterocycles.